The number of carbonyl (C=O) groups is 2. The zero-order valence-corrected chi connectivity index (χ0v) is 14.6. The van der Waals surface area contributed by atoms with Crippen molar-refractivity contribution >= 4 is 29.8 Å². The van der Waals surface area contributed by atoms with Gasteiger partial charge in [-0.15, -0.1) is 0 Å². The summed E-state index contributed by atoms with van der Waals surface area (Å²) in [6.45, 7) is 5.74. The summed E-state index contributed by atoms with van der Waals surface area (Å²) in [4.78, 5) is 24.3. The molecule has 8 heteroatoms. The Balaban J connectivity index is 1.78. The van der Waals surface area contributed by atoms with Crippen molar-refractivity contribution in [2.24, 2.45) is 11.0 Å². The number of ether oxygens (including phenoxy) is 1. The first-order chi connectivity index (χ1) is 11.2. The van der Waals surface area contributed by atoms with Crippen molar-refractivity contribution in [1.82, 2.24) is 16.1 Å². The predicted molar refractivity (Wildman–Crippen MR) is 90.7 cm³/mol. The molecule has 0 aromatic heterocycles. The molecule has 3 rings (SSSR count). The quantitative estimate of drug-likeness (QED) is 0.665. The van der Waals surface area contributed by atoms with E-state index in [1.165, 1.54) is 0 Å². The molecule has 0 aromatic rings. The van der Waals surface area contributed by atoms with Crippen LogP contribution in [0.15, 0.2) is 27.4 Å². The molecule has 0 spiro atoms. The molecule has 0 saturated heterocycles. The van der Waals surface area contributed by atoms with E-state index in [-0.39, 0.29) is 17.9 Å². The zero-order valence-electron chi connectivity index (χ0n) is 13.9. The average molecular weight is 353 g/mol. The summed E-state index contributed by atoms with van der Waals surface area (Å²) in [5, 5.41) is 10.2. The minimum Gasteiger partial charge on any atom is -0.444 e. The lowest BCUT2D eigenvalue weighted by Gasteiger charge is -2.27. The topological polar surface area (TPSA) is 91.8 Å². The van der Waals surface area contributed by atoms with Crippen molar-refractivity contribution in [3.63, 3.8) is 0 Å². The van der Waals surface area contributed by atoms with Gasteiger partial charge in [0.15, 0.2) is 0 Å². The highest BCUT2D eigenvalue weighted by atomic mass is 35.5. The van der Waals surface area contributed by atoms with Crippen LogP contribution in [0.5, 0.6) is 0 Å². The van der Waals surface area contributed by atoms with Crippen LogP contribution < -0.4 is 16.1 Å². The van der Waals surface area contributed by atoms with Crippen LogP contribution in [-0.2, 0) is 9.53 Å². The first-order valence-electron chi connectivity index (χ1n) is 7.89. The Bertz CT molecular complexity index is 663. The van der Waals surface area contributed by atoms with Crippen LogP contribution >= 0.6 is 11.6 Å². The van der Waals surface area contributed by atoms with Crippen molar-refractivity contribution in [2.45, 2.75) is 44.9 Å². The first kappa shape index (κ1) is 16.8. The van der Waals surface area contributed by atoms with Gasteiger partial charge in [0.05, 0.1) is 6.04 Å². The van der Waals surface area contributed by atoms with Crippen molar-refractivity contribution in [3.8, 4) is 0 Å². The minimum atomic E-state index is -0.698. The lowest BCUT2D eigenvalue weighted by molar-refractivity contribution is -0.122. The lowest BCUT2D eigenvalue weighted by Crippen LogP contribution is -2.47. The Morgan fingerprint density at radius 3 is 2.92 bits per heavy atom. The zero-order chi connectivity index (χ0) is 17.5. The van der Waals surface area contributed by atoms with Crippen LogP contribution in [0, 0.1) is 5.92 Å². The average Bonchev–Trinajstić information content (AvgIpc) is 2.88. The molecule has 1 aliphatic carbocycles. The number of fused-ring (bicyclic) bond motifs is 2. The van der Waals surface area contributed by atoms with Crippen LogP contribution in [0.4, 0.5) is 4.79 Å². The number of allylic oxidation sites excluding steroid dienone is 1. The summed E-state index contributed by atoms with van der Waals surface area (Å²) in [6.07, 6.45) is 3.43. The molecule has 7 nitrogen and oxygen atoms in total. The predicted octanol–water partition coefficient (Wildman–Crippen LogP) is 1.41. The van der Waals surface area contributed by atoms with E-state index in [4.69, 9.17) is 16.3 Å². The maximum Gasteiger partial charge on any atom is 0.408 e. The number of carbonyl (C=O) groups excluding carboxylic acids is 2. The van der Waals surface area contributed by atoms with E-state index in [0.29, 0.717) is 18.0 Å². The molecule has 3 unspecified atom stereocenters. The smallest absolute Gasteiger partial charge is 0.408 e. The van der Waals surface area contributed by atoms with E-state index in [9.17, 15) is 9.59 Å². The molecule has 0 radical (unpaired) electrons. The number of nitrogens with one attached hydrogen (secondary N) is 3. The van der Waals surface area contributed by atoms with Gasteiger partial charge >= 0.3 is 6.09 Å². The number of halogens is 1. The van der Waals surface area contributed by atoms with Gasteiger partial charge in [-0.3, -0.25) is 4.79 Å². The van der Waals surface area contributed by atoms with E-state index in [1.807, 2.05) is 12.3 Å². The van der Waals surface area contributed by atoms with Gasteiger partial charge in [-0.25, -0.2) is 4.79 Å². The second-order valence-electron chi connectivity index (χ2n) is 7.11. The van der Waals surface area contributed by atoms with Crippen molar-refractivity contribution in [3.05, 3.63) is 22.3 Å². The normalized spacial score (nSPS) is 28.9. The third-order valence-electron chi connectivity index (χ3n) is 4.12. The molecule has 0 bridgehead atoms. The molecule has 3 atom stereocenters. The van der Waals surface area contributed by atoms with E-state index in [1.54, 1.807) is 20.8 Å². The summed E-state index contributed by atoms with van der Waals surface area (Å²) in [6, 6.07) is -0.770. The second-order valence-corrected chi connectivity index (χ2v) is 7.55. The Labute approximate surface area is 145 Å². The Morgan fingerprint density at radius 2 is 2.21 bits per heavy atom. The summed E-state index contributed by atoms with van der Waals surface area (Å²) in [5.41, 5.74) is 4.38. The molecule has 24 heavy (non-hydrogen) atoms. The number of hydrazone groups is 1. The van der Waals surface area contributed by atoms with Gasteiger partial charge in [0, 0.05) is 30.1 Å². The molecular weight excluding hydrogens is 332 g/mol. The number of rotatable bonds is 1. The van der Waals surface area contributed by atoms with E-state index in [0.717, 1.165) is 11.1 Å². The molecule has 2 aliphatic heterocycles. The molecule has 2 heterocycles. The highest BCUT2D eigenvalue weighted by Gasteiger charge is 2.38. The van der Waals surface area contributed by atoms with Crippen LogP contribution in [0.1, 0.15) is 27.2 Å². The van der Waals surface area contributed by atoms with Crippen LogP contribution in [0.2, 0.25) is 0 Å². The number of alkyl carbamates (subject to hydrolysis) is 1. The molecule has 0 saturated carbocycles. The second kappa shape index (κ2) is 6.12. The van der Waals surface area contributed by atoms with E-state index < -0.39 is 17.7 Å². The summed E-state index contributed by atoms with van der Waals surface area (Å²) in [7, 11) is 0. The Hall–Kier alpha value is -2.02. The SMILES string of the molecule is CC(C)(C)OC(=O)NC1CC2=C(CNC1=O)C1C=NNC1C(Cl)=C2. The number of hydrogen-bond acceptors (Lipinski definition) is 5. The fraction of sp³-hybridized carbons (Fsp3) is 0.562. The summed E-state index contributed by atoms with van der Waals surface area (Å²) < 4.78 is 5.24. The Morgan fingerprint density at radius 1 is 1.46 bits per heavy atom. The molecule has 2 amide bonds. The monoisotopic (exact) mass is 352 g/mol. The molecule has 3 N–H and O–H groups in total. The molecule has 3 aliphatic rings. The van der Waals surface area contributed by atoms with E-state index in [2.05, 4.69) is 21.2 Å². The van der Waals surface area contributed by atoms with E-state index >= 15 is 0 Å². The molecule has 0 fully saturated rings. The number of hydrogen-bond donors (Lipinski definition) is 3. The van der Waals surface area contributed by atoms with Crippen molar-refractivity contribution < 1.29 is 14.3 Å². The van der Waals surface area contributed by atoms with Gasteiger partial charge in [-0.1, -0.05) is 11.6 Å². The van der Waals surface area contributed by atoms with Gasteiger partial charge < -0.3 is 20.8 Å². The third-order valence-corrected chi connectivity index (χ3v) is 4.46. The number of amides is 2. The molecular formula is C16H21ClN4O3. The summed E-state index contributed by atoms with van der Waals surface area (Å²) in [5.74, 6) is -0.211. The van der Waals surface area contributed by atoms with Crippen LogP contribution in [-0.4, -0.2) is 42.4 Å². The highest BCUT2D eigenvalue weighted by molar-refractivity contribution is 6.31. The lowest BCUT2D eigenvalue weighted by atomic mass is 9.83. The highest BCUT2D eigenvalue weighted by Crippen LogP contribution is 2.35. The van der Waals surface area contributed by atoms with Crippen LogP contribution in [0.3, 0.4) is 0 Å². The van der Waals surface area contributed by atoms with Gasteiger partial charge in [-0.2, -0.15) is 5.10 Å². The fourth-order valence-corrected chi connectivity index (χ4v) is 3.38. The van der Waals surface area contributed by atoms with Gasteiger partial charge in [0.25, 0.3) is 0 Å². The molecule has 130 valence electrons. The first-order valence-corrected chi connectivity index (χ1v) is 8.27. The van der Waals surface area contributed by atoms with Gasteiger partial charge in [-0.05, 0) is 38.0 Å². The van der Waals surface area contributed by atoms with Gasteiger partial charge in [0.2, 0.25) is 5.91 Å². The van der Waals surface area contributed by atoms with Crippen molar-refractivity contribution in [1.29, 1.82) is 0 Å². The Kier molecular flexibility index (Phi) is 4.29. The third kappa shape index (κ3) is 3.40. The minimum absolute atomic E-state index is 0.0260. The van der Waals surface area contributed by atoms with Crippen molar-refractivity contribution in [2.75, 3.05) is 6.54 Å². The maximum atomic E-state index is 12.3. The number of nitrogens with zero attached hydrogens (tertiary/aromatic N) is 1. The summed E-state index contributed by atoms with van der Waals surface area (Å²) >= 11 is 6.33. The van der Waals surface area contributed by atoms with Crippen LogP contribution in [0.25, 0.3) is 0 Å². The maximum absolute atomic E-state index is 12.3. The molecule has 0 aromatic carbocycles. The fourth-order valence-electron chi connectivity index (χ4n) is 3.06. The van der Waals surface area contributed by atoms with Gasteiger partial charge in [0.1, 0.15) is 11.6 Å². The largest absolute Gasteiger partial charge is 0.444 e. The standard InChI is InChI=1S/C16H21ClN4O3/c1-16(2,3)24-15(23)20-12-5-8-4-11(17)13-10(7-19-21-13)9(8)6-18-14(12)22/h4,7,10,12-13,21H,5-6H2,1-3H3,(H,18,22)(H,20,23).